The average Bonchev–Trinajstić information content (AvgIpc) is 3.17. The van der Waals surface area contributed by atoms with Crippen LogP contribution in [0.3, 0.4) is 0 Å². The Bertz CT molecular complexity index is 799. The van der Waals surface area contributed by atoms with Crippen molar-refractivity contribution in [2.45, 2.75) is 31.5 Å². The van der Waals surface area contributed by atoms with Gasteiger partial charge in [0.25, 0.3) is 0 Å². The summed E-state index contributed by atoms with van der Waals surface area (Å²) in [6.45, 7) is 2.33. The van der Waals surface area contributed by atoms with Crippen molar-refractivity contribution < 1.29 is 9.59 Å². The van der Waals surface area contributed by atoms with Gasteiger partial charge in [-0.3, -0.25) is 9.59 Å². The van der Waals surface area contributed by atoms with E-state index in [-0.39, 0.29) is 18.4 Å². The first kappa shape index (κ1) is 17.3. The minimum atomic E-state index is -0.215. The predicted octanol–water partition coefficient (Wildman–Crippen LogP) is 2.46. The number of carbonyl (C=O) groups excluding carboxylic acids is 2. The molecule has 0 spiro atoms. The molecular formula is C18H20N4O2S. The van der Waals surface area contributed by atoms with Crippen LogP contribution in [-0.2, 0) is 34.2 Å². The van der Waals surface area contributed by atoms with Crippen LogP contribution >= 0.6 is 11.8 Å². The van der Waals surface area contributed by atoms with Gasteiger partial charge in [-0.15, -0.1) is 0 Å². The maximum absolute atomic E-state index is 12.3. The molecule has 1 aliphatic heterocycles. The maximum Gasteiger partial charge on any atom is 0.249 e. The Morgan fingerprint density at radius 3 is 2.84 bits per heavy atom. The Hall–Kier alpha value is -2.54. The molecule has 1 aliphatic rings. The minimum absolute atomic E-state index is 0.0793. The van der Waals surface area contributed by atoms with Gasteiger partial charge in [0.2, 0.25) is 11.8 Å². The molecule has 2 amide bonds. The number of carbonyl (C=O) groups is 2. The SMILES string of the molecule is C/C=C\C(=O)Nc1c2c(nn1CC(=O)NCc1ccccc1)CSC2. The Morgan fingerprint density at radius 2 is 2.08 bits per heavy atom. The molecule has 130 valence electrons. The first-order chi connectivity index (χ1) is 12.2. The number of hydrogen-bond donors (Lipinski definition) is 2. The van der Waals surface area contributed by atoms with Gasteiger partial charge < -0.3 is 10.6 Å². The highest BCUT2D eigenvalue weighted by molar-refractivity contribution is 7.98. The van der Waals surface area contributed by atoms with Crippen molar-refractivity contribution in [3.8, 4) is 0 Å². The third-order valence-electron chi connectivity index (χ3n) is 3.80. The number of aromatic nitrogens is 2. The maximum atomic E-state index is 12.3. The highest BCUT2D eigenvalue weighted by atomic mass is 32.2. The quantitative estimate of drug-likeness (QED) is 0.780. The molecule has 1 aromatic carbocycles. The number of fused-ring (bicyclic) bond motifs is 1. The number of allylic oxidation sites excluding steroid dienone is 1. The van der Waals surface area contributed by atoms with Crippen molar-refractivity contribution in [1.82, 2.24) is 15.1 Å². The molecule has 0 aliphatic carbocycles. The number of benzene rings is 1. The predicted molar refractivity (Wildman–Crippen MR) is 99.0 cm³/mol. The number of nitrogens with one attached hydrogen (secondary N) is 2. The molecule has 1 aromatic heterocycles. The van der Waals surface area contributed by atoms with Crippen molar-refractivity contribution in [2.24, 2.45) is 0 Å². The van der Waals surface area contributed by atoms with E-state index >= 15 is 0 Å². The highest BCUT2D eigenvalue weighted by Gasteiger charge is 2.24. The van der Waals surface area contributed by atoms with E-state index < -0.39 is 0 Å². The van der Waals surface area contributed by atoms with Crippen LogP contribution in [0.15, 0.2) is 42.5 Å². The van der Waals surface area contributed by atoms with Crippen molar-refractivity contribution in [3.63, 3.8) is 0 Å². The van der Waals surface area contributed by atoms with Crippen molar-refractivity contribution in [3.05, 3.63) is 59.3 Å². The molecule has 0 unspecified atom stereocenters. The summed E-state index contributed by atoms with van der Waals surface area (Å²) in [5.74, 6) is 1.87. The van der Waals surface area contributed by atoms with Gasteiger partial charge >= 0.3 is 0 Å². The van der Waals surface area contributed by atoms with E-state index in [0.29, 0.717) is 12.4 Å². The molecule has 7 heteroatoms. The standard InChI is InChI=1S/C18H20N4O2S/c1-2-6-16(23)20-18-14-11-25-12-15(14)21-22(18)10-17(24)19-9-13-7-4-3-5-8-13/h2-8H,9-12H2,1H3,(H,19,24)(H,20,23)/b6-2-. The van der Waals surface area contributed by atoms with E-state index in [2.05, 4.69) is 15.7 Å². The second-order valence-corrected chi connectivity index (χ2v) is 6.66. The Balaban J connectivity index is 1.69. The summed E-state index contributed by atoms with van der Waals surface area (Å²) in [4.78, 5) is 24.2. The van der Waals surface area contributed by atoms with Gasteiger partial charge in [0.05, 0.1) is 5.69 Å². The summed E-state index contributed by atoms with van der Waals surface area (Å²) < 4.78 is 1.59. The van der Waals surface area contributed by atoms with Crippen LogP contribution in [0.1, 0.15) is 23.7 Å². The molecule has 0 atom stereocenters. The first-order valence-corrected chi connectivity index (χ1v) is 9.23. The fourth-order valence-electron chi connectivity index (χ4n) is 2.62. The first-order valence-electron chi connectivity index (χ1n) is 8.08. The van der Waals surface area contributed by atoms with Crippen LogP contribution in [0.5, 0.6) is 0 Å². The van der Waals surface area contributed by atoms with E-state index in [4.69, 9.17) is 0 Å². The van der Waals surface area contributed by atoms with E-state index in [9.17, 15) is 9.59 Å². The number of nitrogens with zero attached hydrogens (tertiary/aromatic N) is 2. The van der Waals surface area contributed by atoms with Crippen molar-refractivity contribution in [2.75, 3.05) is 5.32 Å². The molecule has 0 saturated carbocycles. The van der Waals surface area contributed by atoms with Crippen LogP contribution in [-0.4, -0.2) is 21.6 Å². The van der Waals surface area contributed by atoms with Crippen LogP contribution in [0, 0.1) is 0 Å². The summed E-state index contributed by atoms with van der Waals surface area (Å²) >= 11 is 1.75. The van der Waals surface area contributed by atoms with Crippen LogP contribution in [0.4, 0.5) is 5.82 Å². The van der Waals surface area contributed by atoms with Crippen molar-refractivity contribution >= 4 is 29.4 Å². The molecule has 0 radical (unpaired) electrons. The lowest BCUT2D eigenvalue weighted by Crippen LogP contribution is -2.28. The third kappa shape index (κ3) is 4.30. The summed E-state index contributed by atoms with van der Waals surface area (Å²) in [6, 6.07) is 9.73. The van der Waals surface area contributed by atoms with Crippen LogP contribution < -0.4 is 10.6 Å². The lowest BCUT2D eigenvalue weighted by Gasteiger charge is -2.10. The molecular weight excluding hydrogens is 336 g/mol. The lowest BCUT2D eigenvalue weighted by atomic mass is 10.2. The zero-order chi connectivity index (χ0) is 17.6. The molecule has 3 rings (SSSR count). The molecule has 25 heavy (non-hydrogen) atoms. The van der Waals surface area contributed by atoms with Gasteiger partial charge in [-0.05, 0) is 18.6 Å². The summed E-state index contributed by atoms with van der Waals surface area (Å²) in [5, 5.41) is 10.2. The topological polar surface area (TPSA) is 76.0 Å². The fraction of sp³-hybridized carbons (Fsp3) is 0.278. The van der Waals surface area contributed by atoms with Crippen LogP contribution in [0.2, 0.25) is 0 Å². The number of amides is 2. The van der Waals surface area contributed by atoms with Gasteiger partial charge in [0, 0.05) is 23.6 Å². The highest BCUT2D eigenvalue weighted by Crippen LogP contribution is 2.34. The smallest absolute Gasteiger partial charge is 0.249 e. The van der Waals surface area contributed by atoms with Gasteiger partial charge in [-0.25, -0.2) is 4.68 Å². The molecule has 0 saturated heterocycles. The fourth-order valence-corrected chi connectivity index (χ4v) is 3.65. The Labute approximate surface area is 150 Å². The van der Waals surface area contributed by atoms with Gasteiger partial charge in [-0.1, -0.05) is 36.4 Å². The zero-order valence-electron chi connectivity index (χ0n) is 14.0. The normalized spacial score (nSPS) is 13.0. The summed E-state index contributed by atoms with van der Waals surface area (Å²) in [7, 11) is 0. The monoisotopic (exact) mass is 356 g/mol. The largest absolute Gasteiger partial charge is 0.350 e. The molecule has 0 fully saturated rings. The number of hydrogen-bond acceptors (Lipinski definition) is 4. The molecule has 6 nitrogen and oxygen atoms in total. The number of rotatable bonds is 6. The molecule has 2 aromatic rings. The van der Waals surface area contributed by atoms with E-state index in [1.54, 1.807) is 29.4 Å². The van der Waals surface area contributed by atoms with Gasteiger partial charge in [0.1, 0.15) is 12.4 Å². The number of anilines is 1. The van der Waals surface area contributed by atoms with Gasteiger partial charge in [-0.2, -0.15) is 16.9 Å². The number of thioether (sulfide) groups is 1. The second kappa shape index (κ2) is 8.02. The Morgan fingerprint density at radius 1 is 1.28 bits per heavy atom. The third-order valence-corrected chi connectivity index (χ3v) is 4.77. The van der Waals surface area contributed by atoms with E-state index in [1.807, 2.05) is 30.3 Å². The average molecular weight is 356 g/mol. The lowest BCUT2D eigenvalue weighted by molar-refractivity contribution is -0.122. The summed E-state index contributed by atoms with van der Waals surface area (Å²) in [6.07, 6.45) is 3.14. The zero-order valence-corrected chi connectivity index (χ0v) is 14.8. The van der Waals surface area contributed by atoms with Gasteiger partial charge in [0.15, 0.2) is 0 Å². The molecule has 2 heterocycles. The van der Waals surface area contributed by atoms with Crippen molar-refractivity contribution in [1.29, 1.82) is 0 Å². The van der Waals surface area contributed by atoms with E-state index in [0.717, 1.165) is 28.3 Å². The summed E-state index contributed by atoms with van der Waals surface area (Å²) in [5.41, 5.74) is 2.99. The Kier molecular flexibility index (Phi) is 5.55. The molecule has 0 bridgehead atoms. The van der Waals surface area contributed by atoms with Crippen LogP contribution in [0.25, 0.3) is 0 Å². The minimum Gasteiger partial charge on any atom is -0.350 e. The van der Waals surface area contributed by atoms with E-state index in [1.165, 1.54) is 6.08 Å². The second-order valence-electron chi connectivity index (χ2n) is 5.68. The molecule has 2 N–H and O–H groups in total.